The van der Waals surface area contributed by atoms with Crippen molar-refractivity contribution >= 4 is 11.8 Å². The number of primary amides is 1. The SMILES string of the molecule is CCC(C)C(N)C(=O)N(CC(N)=O)C(C)C. The van der Waals surface area contributed by atoms with Gasteiger partial charge in [0, 0.05) is 6.04 Å². The summed E-state index contributed by atoms with van der Waals surface area (Å²) in [6.07, 6.45) is 0.829. The van der Waals surface area contributed by atoms with Gasteiger partial charge in [0.15, 0.2) is 0 Å². The second-order valence-electron chi connectivity index (χ2n) is 4.44. The summed E-state index contributed by atoms with van der Waals surface area (Å²) in [6.45, 7) is 7.51. The lowest BCUT2D eigenvalue weighted by atomic mass is 9.98. The van der Waals surface area contributed by atoms with Gasteiger partial charge < -0.3 is 16.4 Å². The highest BCUT2D eigenvalue weighted by molar-refractivity contribution is 5.87. The molecular formula is C11H23N3O2. The van der Waals surface area contributed by atoms with Crippen LogP contribution in [0.25, 0.3) is 0 Å². The van der Waals surface area contributed by atoms with Gasteiger partial charge in [-0.15, -0.1) is 0 Å². The minimum atomic E-state index is -0.563. The van der Waals surface area contributed by atoms with Crippen LogP contribution in [0.5, 0.6) is 0 Å². The van der Waals surface area contributed by atoms with E-state index < -0.39 is 11.9 Å². The van der Waals surface area contributed by atoms with Crippen molar-refractivity contribution in [1.82, 2.24) is 4.90 Å². The smallest absolute Gasteiger partial charge is 0.240 e. The summed E-state index contributed by atoms with van der Waals surface area (Å²) in [5.41, 5.74) is 10.9. The maximum atomic E-state index is 12.0. The third-order valence-corrected chi connectivity index (χ3v) is 2.77. The van der Waals surface area contributed by atoms with Gasteiger partial charge in [0.25, 0.3) is 0 Å². The van der Waals surface area contributed by atoms with E-state index in [1.807, 2.05) is 27.7 Å². The quantitative estimate of drug-likeness (QED) is 0.676. The van der Waals surface area contributed by atoms with Crippen LogP contribution in [-0.2, 0) is 9.59 Å². The van der Waals surface area contributed by atoms with Crippen LogP contribution < -0.4 is 11.5 Å². The molecule has 0 fully saturated rings. The highest BCUT2D eigenvalue weighted by Crippen LogP contribution is 2.10. The van der Waals surface area contributed by atoms with E-state index in [9.17, 15) is 9.59 Å². The van der Waals surface area contributed by atoms with E-state index in [0.29, 0.717) is 0 Å². The van der Waals surface area contributed by atoms with Gasteiger partial charge in [-0.25, -0.2) is 0 Å². The second kappa shape index (κ2) is 6.48. The zero-order valence-corrected chi connectivity index (χ0v) is 10.6. The van der Waals surface area contributed by atoms with E-state index in [1.54, 1.807) is 0 Å². The van der Waals surface area contributed by atoms with Gasteiger partial charge in [-0.3, -0.25) is 9.59 Å². The Labute approximate surface area is 97.2 Å². The summed E-state index contributed by atoms with van der Waals surface area (Å²) in [7, 11) is 0. The molecule has 0 spiro atoms. The molecule has 5 nitrogen and oxygen atoms in total. The molecule has 2 atom stereocenters. The summed E-state index contributed by atoms with van der Waals surface area (Å²) in [5, 5.41) is 0. The number of nitrogens with zero attached hydrogens (tertiary/aromatic N) is 1. The Bertz CT molecular complexity index is 254. The summed E-state index contributed by atoms with van der Waals surface area (Å²) in [5.74, 6) is -0.622. The molecule has 2 unspecified atom stereocenters. The molecule has 0 aromatic carbocycles. The maximum absolute atomic E-state index is 12.0. The second-order valence-corrected chi connectivity index (χ2v) is 4.44. The van der Waals surface area contributed by atoms with E-state index in [0.717, 1.165) is 6.42 Å². The van der Waals surface area contributed by atoms with E-state index in [1.165, 1.54) is 4.90 Å². The molecule has 94 valence electrons. The van der Waals surface area contributed by atoms with Crippen LogP contribution in [0.4, 0.5) is 0 Å². The Balaban J connectivity index is 4.67. The number of nitrogens with two attached hydrogens (primary N) is 2. The zero-order valence-electron chi connectivity index (χ0n) is 10.6. The Hall–Kier alpha value is -1.10. The Morgan fingerprint density at radius 2 is 1.75 bits per heavy atom. The third kappa shape index (κ3) is 4.18. The number of amides is 2. The number of carbonyl (C=O) groups is 2. The fraction of sp³-hybridized carbons (Fsp3) is 0.818. The lowest BCUT2D eigenvalue weighted by Crippen LogP contribution is -2.52. The molecular weight excluding hydrogens is 206 g/mol. The zero-order chi connectivity index (χ0) is 12.9. The van der Waals surface area contributed by atoms with Crippen LogP contribution in [0.1, 0.15) is 34.1 Å². The van der Waals surface area contributed by atoms with Crippen LogP contribution in [0, 0.1) is 5.92 Å². The topological polar surface area (TPSA) is 89.4 Å². The maximum Gasteiger partial charge on any atom is 0.240 e. The van der Waals surface area contributed by atoms with Gasteiger partial charge in [-0.2, -0.15) is 0 Å². The Morgan fingerprint density at radius 3 is 2.06 bits per heavy atom. The monoisotopic (exact) mass is 229 g/mol. The third-order valence-electron chi connectivity index (χ3n) is 2.77. The molecule has 0 saturated carbocycles. The van der Waals surface area contributed by atoms with Crippen molar-refractivity contribution in [3.63, 3.8) is 0 Å². The van der Waals surface area contributed by atoms with Crippen molar-refractivity contribution in [2.75, 3.05) is 6.54 Å². The van der Waals surface area contributed by atoms with Crippen molar-refractivity contribution in [2.45, 2.75) is 46.2 Å². The molecule has 0 aliphatic rings. The van der Waals surface area contributed by atoms with Crippen molar-refractivity contribution in [3.8, 4) is 0 Å². The van der Waals surface area contributed by atoms with E-state index >= 15 is 0 Å². The van der Waals surface area contributed by atoms with Crippen LogP contribution in [-0.4, -0.2) is 35.3 Å². The minimum absolute atomic E-state index is 0.0688. The van der Waals surface area contributed by atoms with Crippen LogP contribution >= 0.6 is 0 Å². The molecule has 0 aromatic rings. The van der Waals surface area contributed by atoms with Gasteiger partial charge in [0.2, 0.25) is 11.8 Å². The molecule has 0 aliphatic carbocycles. The van der Waals surface area contributed by atoms with Gasteiger partial charge in [-0.1, -0.05) is 20.3 Å². The number of rotatable bonds is 6. The van der Waals surface area contributed by atoms with E-state index in [4.69, 9.17) is 11.5 Å². The van der Waals surface area contributed by atoms with E-state index in [-0.39, 0.29) is 24.4 Å². The highest BCUT2D eigenvalue weighted by atomic mass is 16.2. The van der Waals surface area contributed by atoms with Gasteiger partial charge in [0.05, 0.1) is 12.6 Å². The largest absolute Gasteiger partial charge is 0.368 e. The van der Waals surface area contributed by atoms with Gasteiger partial charge in [0.1, 0.15) is 0 Å². The average Bonchev–Trinajstić information content (AvgIpc) is 2.22. The first kappa shape index (κ1) is 14.9. The molecule has 0 aromatic heterocycles. The highest BCUT2D eigenvalue weighted by Gasteiger charge is 2.27. The predicted molar refractivity (Wildman–Crippen MR) is 63.5 cm³/mol. The molecule has 0 rings (SSSR count). The Morgan fingerprint density at radius 1 is 1.25 bits per heavy atom. The normalized spacial score (nSPS) is 14.6. The summed E-state index contributed by atoms with van der Waals surface area (Å²) in [6, 6.07) is -0.637. The molecule has 0 heterocycles. The number of hydrogen-bond acceptors (Lipinski definition) is 3. The van der Waals surface area contributed by atoms with Crippen LogP contribution in [0.2, 0.25) is 0 Å². The molecule has 16 heavy (non-hydrogen) atoms. The molecule has 4 N–H and O–H groups in total. The van der Waals surface area contributed by atoms with E-state index in [2.05, 4.69) is 0 Å². The molecule has 0 bridgehead atoms. The van der Waals surface area contributed by atoms with Crippen molar-refractivity contribution in [3.05, 3.63) is 0 Å². The van der Waals surface area contributed by atoms with Crippen LogP contribution in [0.15, 0.2) is 0 Å². The first-order valence-corrected chi connectivity index (χ1v) is 5.65. The summed E-state index contributed by atoms with van der Waals surface area (Å²) in [4.78, 5) is 24.3. The number of carbonyl (C=O) groups excluding carboxylic acids is 2. The van der Waals surface area contributed by atoms with Crippen molar-refractivity contribution < 1.29 is 9.59 Å². The fourth-order valence-electron chi connectivity index (χ4n) is 1.37. The lowest BCUT2D eigenvalue weighted by molar-refractivity contribution is -0.139. The first-order valence-electron chi connectivity index (χ1n) is 5.65. The molecule has 0 radical (unpaired) electrons. The molecule has 2 amide bonds. The number of hydrogen-bond donors (Lipinski definition) is 2. The van der Waals surface area contributed by atoms with Gasteiger partial charge >= 0.3 is 0 Å². The lowest BCUT2D eigenvalue weighted by Gasteiger charge is -2.30. The average molecular weight is 229 g/mol. The molecule has 0 aliphatic heterocycles. The van der Waals surface area contributed by atoms with Crippen molar-refractivity contribution in [2.24, 2.45) is 17.4 Å². The van der Waals surface area contributed by atoms with Gasteiger partial charge in [-0.05, 0) is 19.8 Å². The first-order chi connectivity index (χ1) is 7.31. The predicted octanol–water partition coefficient (Wildman–Crippen LogP) is 0.0821. The summed E-state index contributed by atoms with van der Waals surface area (Å²) < 4.78 is 0. The standard InChI is InChI=1S/C11H23N3O2/c1-5-8(4)10(13)11(16)14(7(2)3)6-9(12)15/h7-8,10H,5-6,13H2,1-4H3,(H2,12,15). The van der Waals surface area contributed by atoms with Crippen LogP contribution in [0.3, 0.4) is 0 Å². The minimum Gasteiger partial charge on any atom is -0.368 e. The molecule has 5 heteroatoms. The fourth-order valence-corrected chi connectivity index (χ4v) is 1.37. The Kier molecular flexibility index (Phi) is 6.03. The molecule has 0 saturated heterocycles. The summed E-state index contributed by atoms with van der Waals surface area (Å²) >= 11 is 0. The van der Waals surface area contributed by atoms with Crippen molar-refractivity contribution in [1.29, 1.82) is 0 Å².